The molecule has 156 valence electrons. The van der Waals surface area contributed by atoms with Gasteiger partial charge in [0.15, 0.2) is 0 Å². The number of aromatic amines is 1. The van der Waals surface area contributed by atoms with Gasteiger partial charge in [0.05, 0.1) is 24.0 Å². The molecule has 0 aliphatic rings. The smallest absolute Gasteiger partial charge is 0.281 e. The van der Waals surface area contributed by atoms with Crippen LogP contribution in [0.5, 0.6) is 5.75 Å². The summed E-state index contributed by atoms with van der Waals surface area (Å²) in [6.45, 7) is 0. The van der Waals surface area contributed by atoms with Crippen LogP contribution in [0.25, 0.3) is 5.69 Å². The third-order valence-electron chi connectivity index (χ3n) is 4.62. The SMILES string of the molecule is COc1ccc(N=Cc2c(SCc3ccc(Cl)cc3)[nH]n(-c3ccccc3)c2=O)cc1. The number of aliphatic imine (C=N–C) groups is 1. The summed E-state index contributed by atoms with van der Waals surface area (Å²) in [6, 6.07) is 24.5. The van der Waals surface area contributed by atoms with Crippen LogP contribution in [0.3, 0.4) is 0 Å². The Labute approximate surface area is 189 Å². The predicted octanol–water partition coefficient (Wildman–Crippen LogP) is 5.87. The van der Waals surface area contributed by atoms with Crippen molar-refractivity contribution >= 4 is 35.3 Å². The molecule has 0 bridgehead atoms. The minimum atomic E-state index is -0.151. The van der Waals surface area contributed by atoms with Gasteiger partial charge in [-0.3, -0.25) is 14.9 Å². The Kier molecular flexibility index (Phi) is 6.60. The van der Waals surface area contributed by atoms with Crippen molar-refractivity contribution in [3.8, 4) is 11.4 Å². The van der Waals surface area contributed by atoms with E-state index in [1.165, 1.54) is 0 Å². The van der Waals surface area contributed by atoms with Gasteiger partial charge in [-0.15, -0.1) is 11.8 Å². The highest BCUT2D eigenvalue weighted by Crippen LogP contribution is 2.25. The monoisotopic (exact) mass is 449 g/mol. The second-order valence-electron chi connectivity index (χ2n) is 6.70. The highest BCUT2D eigenvalue weighted by Gasteiger charge is 2.14. The number of para-hydroxylation sites is 1. The zero-order chi connectivity index (χ0) is 21.6. The van der Waals surface area contributed by atoms with Crippen molar-refractivity contribution in [2.75, 3.05) is 7.11 Å². The number of aromatic nitrogens is 2. The number of nitrogens with zero attached hydrogens (tertiary/aromatic N) is 2. The van der Waals surface area contributed by atoms with Crippen molar-refractivity contribution in [3.05, 3.63) is 105 Å². The van der Waals surface area contributed by atoms with Crippen LogP contribution >= 0.6 is 23.4 Å². The predicted molar refractivity (Wildman–Crippen MR) is 128 cm³/mol. The van der Waals surface area contributed by atoms with Crippen LogP contribution in [0, 0.1) is 0 Å². The molecule has 0 saturated carbocycles. The van der Waals surface area contributed by atoms with Crippen molar-refractivity contribution in [3.63, 3.8) is 0 Å². The van der Waals surface area contributed by atoms with E-state index in [1.807, 2.05) is 78.9 Å². The van der Waals surface area contributed by atoms with Crippen LogP contribution in [0.4, 0.5) is 5.69 Å². The Morgan fingerprint density at radius 3 is 2.42 bits per heavy atom. The summed E-state index contributed by atoms with van der Waals surface area (Å²) in [5.74, 6) is 1.45. The summed E-state index contributed by atoms with van der Waals surface area (Å²) in [5, 5.41) is 4.68. The van der Waals surface area contributed by atoms with E-state index in [0.29, 0.717) is 16.3 Å². The van der Waals surface area contributed by atoms with E-state index in [0.717, 1.165) is 27.7 Å². The van der Waals surface area contributed by atoms with Gasteiger partial charge in [0.1, 0.15) is 10.8 Å². The molecule has 31 heavy (non-hydrogen) atoms. The summed E-state index contributed by atoms with van der Waals surface area (Å²) >= 11 is 7.53. The summed E-state index contributed by atoms with van der Waals surface area (Å²) in [5.41, 5.74) is 2.98. The molecule has 3 aromatic carbocycles. The van der Waals surface area contributed by atoms with Gasteiger partial charge in [0, 0.05) is 17.0 Å². The Morgan fingerprint density at radius 1 is 1.03 bits per heavy atom. The zero-order valence-corrected chi connectivity index (χ0v) is 18.4. The van der Waals surface area contributed by atoms with E-state index >= 15 is 0 Å². The second kappa shape index (κ2) is 9.73. The van der Waals surface area contributed by atoms with Crippen LogP contribution in [-0.2, 0) is 5.75 Å². The lowest BCUT2D eigenvalue weighted by Crippen LogP contribution is -2.17. The van der Waals surface area contributed by atoms with Gasteiger partial charge in [-0.25, -0.2) is 4.68 Å². The van der Waals surface area contributed by atoms with Gasteiger partial charge in [0.25, 0.3) is 5.56 Å². The number of benzene rings is 3. The molecule has 0 saturated heterocycles. The van der Waals surface area contributed by atoms with Gasteiger partial charge < -0.3 is 4.74 Å². The molecule has 1 N–H and O–H groups in total. The van der Waals surface area contributed by atoms with E-state index in [2.05, 4.69) is 10.1 Å². The molecular formula is C24H20ClN3O2S. The maximum Gasteiger partial charge on any atom is 0.281 e. The van der Waals surface area contributed by atoms with Gasteiger partial charge in [-0.1, -0.05) is 41.9 Å². The fourth-order valence-corrected chi connectivity index (χ4v) is 4.04. The van der Waals surface area contributed by atoms with E-state index in [1.54, 1.807) is 29.8 Å². The fourth-order valence-electron chi connectivity index (χ4n) is 2.96. The lowest BCUT2D eigenvalue weighted by Gasteiger charge is -2.02. The first-order valence-electron chi connectivity index (χ1n) is 9.60. The summed E-state index contributed by atoms with van der Waals surface area (Å²) in [7, 11) is 1.62. The molecule has 0 aliphatic heterocycles. The average molecular weight is 450 g/mol. The third-order valence-corrected chi connectivity index (χ3v) is 5.95. The third kappa shape index (κ3) is 5.10. The van der Waals surface area contributed by atoms with Crippen molar-refractivity contribution in [2.24, 2.45) is 4.99 Å². The molecule has 0 fully saturated rings. The first-order valence-corrected chi connectivity index (χ1v) is 11.0. The molecular weight excluding hydrogens is 430 g/mol. The molecule has 0 unspecified atom stereocenters. The molecule has 7 heteroatoms. The number of methoxy groups -OCH3 is 1. The van der Waals surface area contributed by atoms with Gasteiger partial charge in [0.2, 0.25) is 0 Å². The van der Waals surface area contributed by atoms with Crippen LogP contribution in [0.2, 0.25) is 5.02 Å². The van der Waals surface area contributed by atoms with Crippen LogP contribution < -0.4 is 10.3 Å². The standard InChI is InChI=1S/C24H20ClN3O2S/c1-30-21-13-11-19(12-14-21)26-15-22-23(31-16-17-7-9-18(25)10-8-17)27-28(24(22)29)20-5-3-2-4-6-20/h2-15,27H,16H2,1H3. The maximum absolute atomic E-state index is 13.2. The number of ether oxygens (including phenoxy) is 1. The van der Waals surface area contributed by atoms with E-state index in [4.69, 9.17) is 16.3 Å². The van der Waals surface area contributed by atoms with Crippen LogP contribution in [0.1, 0.15) is 11.1 Å². The second-order valence-corrected chi connectivity index (χ2v) is 8.12. The summed E-state index contributed by atoms with van der Waals surface area (Å²) < 4.78 is 6.72. The van der Waals surface area contributed by atoms with Crippen LogP contribution in [0.15, 0.2) is 93.7 Å². The normalized spacial score (nSPS) is 11.2. The number of hydrogen-bond donors (Lipinski definition) is 1. The topological polar surface area (TPSA) is 59.4 Å². The van der Waals surface area contributed by atoms with Gasteiger partial charge >= 0.3 is 0 Å². The van der Waals surface area contributed by atoms with Crippen molar-refractivity contribution in [2.45, 2.75) is 10.8 Å². The van der Waals surface area contributed by atoms with Gasteiger partial charge in [-0.2, -0.15) is 0 Å². The van der Waals surface area contributed by atoms with Crippen LogP contribution in [-0.4, -0.2) is 23.1 Å². The largest absolute Gasteiger partial charge is 0.497 e. The highest BCUT2D eigenvalue weighted by molar-refractivity contribution is 7.98. The molecule has 0 spiro atoms. The van der Waals surface area contributed by atoms with E-state index < -0.39 is 0 Å². The number of hydrogen-bond acceptors (Lipinski definition) is 4. The minimum Gasteiger partial charge on any atom is -0.497 e. The van der Waals surface area contributed by atoms with Crippen molar-refractivity contribution in [1.82, 2.24) is 9.78 Å². The number of halogens is 1. The first kappa shape index (κ1) is 21.0. The average Bonchev–Trinajstić information content (AvgIpc) is 3.13. The van der Waals surface area contributed by atoms with Gasteiger partial charge in [-0.05, 0) is 54.1 Å². The Morgan fingerprint density at radius 2 is 1.74 bits per heavy atom. The summed E-state index contributed by atoms with van der Waals surface area (Å²) in [6.07, 6.45) is 1.62. The lowest BCUT2D eigenvalue weighted by molar-refractivity contribution is 0.415. The number of nitrogens with one attached hydrogen (secondary N) is 1. The van der Waals surface area contributed by atoms with E-state index in [-0.39, 0.29) is 5.56 Å². The zero-order valence-electron chi connectivity index (χ0n) is 16.8. The Bertz CT molecular complexity index is 1230. The van der Waals surface area contributed by atoms with E-state index in [9.17, 15) is 4.79 Å². The fraction of sp³-hybridized carbons (Fsp3) is 0.0833. The quantitative estimate of drug-likeness (QED) is 0.283. The van der Waals surface area contributed by atoms with Crippen molar-refractivity contribution in [1.29, 1.82) is 0 Å². The number of H-pyrrole nitrogens is 1. The first-order chi connectivity index (χ1) is 15.1. The summed E-state index contributed by atoms with van der Waals surface area (Å²) in [4.78, 5) is 17.7. The molecule has 0 radical (unpaired) electrons. The highest BCUT2D eigenvalue weighted by atomic mass is 35.5. The molecule has 0 aliphatic carbocycles. The maximum atomic E-state index is 13.2. The molecule has 1 heterocycles. The molecule has 4 aromatic rings. The molecule has 4 rings (SSSR count). The Balaban J connectivity index is 1.66. The molecule has 5 nitrogen and oxygen atoms in total. The molecule has 0 atom stereocenters. The Hall–Kier alpha value is -3.22. The number of rotatable bonds is 7. The number of thioether (sulfide) groups is 1. The minimum absolute atomic E-state index is 0.151. The lowest BCUT2D eigenvalue weighted by atomic mass is 10.2. The van der Waals surface area contributed by atoms with Crippen molar-refractivity contribution < 1.29 is 4.74 Å². The molecule has 1 aromatic heterocycles. The molecule has 0 amide bonds.